The first-order valence-electron chi connectivity index (χ1n) is 5.21. The van der Waals surface area contributed by atoms with Crippen molar-refractivity contribution in [3.05, 3.63) is 35.9 Å². The molecule has 2 heterocycles. The Morgan fingerprint density at radius 2 is 2.12 bits per heavy atom. The highest BCUT2D eigenvalue weighted by Gasteiger charge is 2.11. The first-order chi connectivity index (χ1) is 8.69. The van der Waals surface area contributed by atoms with E-state index < -0.39 is 5.97 Å². The van der Waals surface area contributed by atoms with Gasteiger partial charge in [0.1, 0.15) is 5.82 Å². The molecular formula is C10H9N5O2. The van der Waals surface area contributed by atoms with Gasteiger partial charge in [0, 0.05) is 12.4 Å². The fourth-order valence-electron chi connectivity index (χ4n) is 1.13. The van der Waals surface area contributed by atoms with Crippen LogP contribution in [0.3, 0.4) is 0 Å². The second-order valence-electron chi connectivity index (χ2n) is 3.11. The molecule has 7 heteroatoms. The summed E-state index contributed by atoms with van der Waals surface area (Å²) in [6.07, 6.45) is 2.96. The standard InChI is InChI=1S/C10H9N5O2/c1-6-13-9(11)15-10(14-6)17-8(16)7-2-4-12-5-3-7/h2-5H,1H3,(H2,11,13,14,15)/i/hD. The van der Waals surface area contributed by atoms with Gasteiger partial charge < -0.3 is 10.5 Å². The lowest BCUT2D eigenvalue weighted by atomic mass is 10.3. The van der Waals surface area contributed by atoms with E-state index in [0.717, 1.165) is 0 Å². The molecule has 0 aliphatic heterocycles. The SMILES string of the molecule is [2H]Nc1nc(C)nc(OC(=O)c2ccncc2)n1. The molecule has 0 fully saturated rings. The lowest BCUT2D eigenvalue weighted by molar-refractivity contribution is 0.0719. The van der Waals surface area contributed by atoms with Gasteiger partial charge in [-0.1, -0.05) is 0 Å². The number of aryl methyl sites for hydroxylation is 1. The Hall–Kier alpha value is -2.57. The topological polar surface area (TPSA) is 104 Å². The molecule has 0 radical (unpaired) electrons. The summed E-state index contributed by atoms with van der Waals surface area (Å²) >= 11 is 0. The predicted octanol–water partition coefficient (Wildman–Crippen LogP) is 0.376. The van der Waals surface area contributed by atoms with Gasteiger partial charge in [0.15, 0.2) is 1.41 Å². The Bertz CT molecular complexity index is 563. The Morgan fingerprint density at radius 1 is 1.35 bits per heavy atom. The first-order valence-corrected chi connectivity index (χ1v) is 4.71. The molecule has 2 aromatic rings. The molecule has 0 amide bonds. The largest absolute Gasteiger partial charge is 0.387 e. The molecular weight excluding hydrogens is 222 g/mol. The molecule has 86 valence electrons. The highest BCUT2D eigenvalue weighted by molar-refractivity contribution is 5.90. The number of anilines is 1. The van der Waals surface area contributed by atoms with Crippen molar-refractivity contribution in [1.82, 2.24) is 19.9 Å². The Balaban J connectivity index is 2.19. The van der Waals surface area contributed by atoms with E-state index >= 15 is 0 Å². The number of hydrogen-bond donors (Lipinski definition) is 1. The van der Waals surface area contributed by atoms with Gasteiger partial charge in [0.05, 0.1) is 5.56 Å². The Morgan fingerprint density at radius 3 is 2.82 bits per heavy atom. The number of rotatable bonds is 3. The van der Waals surface area contributed by atoms with Crippen molar-refractivity contribution in [3.63, 3.8) is 0 Å². The van der Waals surface area contributed by atoms with E-state index in [9.17, 15) is 4.79 Å². The lowest BCUT2D eigenvalue weighted by Gasteiger charge is -2.03. The van der Waals surface area contributed by atoms with Crippen LogP contribution in [0.15, 0.2) is 24.5 Å². The van der Waals surface area contributed by atoms with Gasteiger partial charge in [-0.05, 0) is 19.1 Å². The van der Waals surface area contributed by atoms with E-state index in [1.54, 1.807) is 6.92 Å². The van der Waals surface area contributed by atoms with Crippen molar-refractivity contribution in [2.24, 2.45) is 0 Å². The molecule has 0 aliphatic carbocycles. The fraction of sp³-hybridized carbons (Fsp3) is 0.100. The van der Waals surface area contributed by atoms with Gasteiger partial charge in [-0.3, -0.25) is 4.98 Å². The fourth-order valence-corrected chi connectivity index (χ4v) is 1.13. The smallest absolute Gasteiger partial charge is 0.346 e. The molecule has 0 aliphatic rings. The van der Waals surface area contributed by atoms with Gasteiger partial charge in [-0.15, -0.1) is 0 Å². The van der Waals surface area contributed by atoms with E-state index in [1.165, 1.54) is 24.5 Å². The zero-order valence-corrected chi connectivity index (χ0v) is 8.91. The summed E-state index contributed by atoms with van der Waals surface area (Å²) in [4.78, 5) is 26.9. The minimum absolute atomic E-state index is 0.0139. The number of carbonyl (C=O) groups is 1. The zero-order valence-electron chi connectivity index (χ0n) is 9.91. The van der Waals surface area contributed by atoms with Crippen molar-refractivity contribution in [1.29, 1.82) is 0 Å². The number of carbonyl (C=O) groups excluding carboxylic acids is 1. The van der Waals surface area contributed by atoms with Gasteiger partial charge >= 0.3 is 12.0 Å². The number of nitrogens with two attached hydrogens (primary N) is 1. The number of hydrogen-bond acceptors (Lipinski definition) is 7. The number of pyridine rings is 1. The Labute approximate surface area is 98.2 Å². The van der Waals surface area contributed by atoms with Crippen LogP contribution in [0.2, 0.25) is 1.41 Å². The molecule has 0 saturated heterocycles. The maximum atomic E-state index is 11.7. The molecule has 0 bridgehead atoms. The number of nitrogen functional groups attached to an aromatic ring is 1. The summed E-state index contributed by atoms with van der Waals surface area (Å²) < 4.78 is 11.9. The van der Waals surface area contributed by atoms with Crippen LogP contribution in [0.1, 0.15) is 16.2 Å². The third-order valence-electron chi connectivity index (χ3n) is 1.83. The molecule has 0 spiro atoms. The molecule has 0 atom stereocenters. The van der Waals surface area contributed by atoms with Crippen molar-refractivity contribution in [3.8, 4) is 6.01 Å². The first kappa shape index (κ1) is 9.64. The highest BCUT2D eigenvalue weighted by atomic mass is 16.5. The van der Waals surface area contributed by atoms with Crippen molar-refractivity contribution in [2.75, 3.05) is 5.73 Å². The normalized spacial score (nSPS) is 10.5. The van der Waals surface area contributed by atoms with Gasteiger partial charge in [-0.25, -0.2) is 4.79 Å². The van der Waals surface area contributed by atoms with Gasteiger partial charge in [-0.2, -0.15) is 15.0 Å². The van der Waals surface area contributed by atoms with Crippen LogP contribution in [-0.4, -0.2) is 25.9 Å². The van der Waals surface area contributed by atoms with Crippen LogP contribution >= 0.6 is 0 Å². The van der Waals surface area contributed by atoms with E-state index in [0.29, 0.717) is 11.4 Å². The summed E-state index contributed by atoms with van der Waals surface area (Å²) in [6.45, 7) is 1.60. The maximum Gasteiger partial charge on any atom is 0.346 e. The third-order valence-corrected chi connectivity index (χ3v) is 1.83. The van der Waals surface area contributed by atoms with Crippen LogP contribution in [-0.2, 0) is 0 Å². The third kappa shape index (κ3) is 2.71. The summed E-state index contributed by atoms with van der Waals surface area (Å²) in [5.41, 5.74) is 2.34. The molecule has 2 aromatic heterocycles. The van der Waals surface area contributed by atoms with E-state index in [2.05, 4.69) is 19.9 Å². The average Bonchev–Trinajstić information content (AvgIpc) is 2.39. The highest BCUT2D eigenvalue weighted by Crippen LogP contribution is 2.07. The van der Waals surface area contributed by atoms with Crippen LogP contribution in [0.25, 0.3) is 0 Å². The Kier molecular flexibility index (Phi) is 2.56. The number of nitrogens with zero attached hydrogens (tertiary/aromatic N) is 4. The summed E-state index contributed by atoms with van der Waals surface area (Å²) in [6, 6.07) is 2.87. The van der Waals surface area contributed by atoms with Gasteiger partial charge in [0.25, 0.3) is 0 Å². The molecule has 7 nitrogen and oxygen atoms in total. The lowest BCUT2D eigenvalue weighted by Crippen LogP contribution is -2.12. The van der Waals surface area contributed by atoms with E-state index in [4.69, 9.17) is 6.15 Å². The molecule has 2 N–H and O–H groups in total. The van der Waals surface area contributed by atoms with Crippen LogP contribution in [0.4, 0.5) is 5.95 Å². The minimum Gasteiger partial charge on any atom is -0.387 e. The summed E-state index contributed by atoms with van der Waals surface area (Å²) in [5.74, 6) is -0.240. The molecule has 17 heavy (non-hydrogen) atoms. The number of esters is 1. The zero-order chi connectivity index (χ0) is 13.0. The number of aromatic nitrogens is 4. The van der Waals surface area contributed by atoms with Crippen molar-refractivity contribution < 1.29 is 10.9 Å². The van der Waals surface area contributed by atoms with Crippen LogP contribution in [0.5, 0.6) is 6.01 Å². The molecule has 0 saturated carbocycles. The predicted molar refractivity (Wildman–Crippen MR) is 58.2 cm³/mol. The second-order valence-corrected chi connectivity index (χ2v) is 3.11. The van der Waals surface area contributed by atoms with Crippen LogP contribution in [0, 0.1) is 6.92 Å². The van der Waals surface area contributed by atoms with E-state index in [1.807, 2.05) is 5.73 Å². The average molecular weight is 232 g/mol. The molecule has 2 rings (SSSR count). The monoisotopic (exact) mass is 232 g/mol. The second kappa shape index (κ2) is 4.52. The maximum absolute atomic E-state index is 11.7. The molecule has 0 aromatic carbocycles. The van der Waals surface area contributed by atoms with E-state index in [-0.39, 0.29) is 12.0 Å². The van der Waals surface area contributed by atoms with Crippen LogP contribution < -0.4 is 10.5 Å². The summed E-state index contributed by atoms with van der Waals surface area (Å²) in [5, 5.41) is 0. The quantitative estimate of drug-likeness (QED) is 0.762. The number of ether oxygens (including phenoxy) is 1. The van der Waals surface area contributed by atoms with Crippen molar-refractivity contribution >= 4 is 11.9 Å². The summed E-state index contributed by atoms with van der Waals surface area (Å²) in [7, 11) is 0. The van der Waals surface area contributed by atoms with Gasteiger partial charge in [0.2, 0.25) is 5.95 Å². The minimum atomic E-state index is -0.598. The molecule has 0 unspecified atom stereocenters. The van der Waals surface area contributed by atoms with Crippen molar-refractivity contribution in [2.45, 2.75) is 6.92 Å².